The van der Waals surface area contributed by atoms with Crippen LogP contribution in [0.1, 0.15) is 25.0 Å². The molecule has 2 N–H and O–H groups in total. The lowest BCUT2D eigenvalue weighted by atomic mass is 10.1. The predicted octanol–water partition coefficient (Wildman–Crippen LogP) is 1.33. The summed E-state index contributed by atoms with van der Waals surface area (Å²) >= 11 is 0. The molecule has 0 aliphatic heterocycles. The first-order chi connectivity index (χ1) is 9.44. The third-order valence-electron chi connectivity index (χ3n) is 3.18. The monoisotopic (exact) mass is 300 g/mol. The fourth-order valence-electron chi connectivity index (χ4n) is 2.17. The van der Waals surface area contributed by atoms with E-state index in [1.54, 1.807) is 7.11 Å². The van der Waals surface area contributed by atoms with Crippen molar-refractivity contribution in [3.8, 4) is 0 Å². The minimum Gasteiger partial charge on any atom is -0.383 e. The fourth-order valence-corrected chi connectivity index (χ4v) is 3.95. The van der Waals surface area contributed by atoms with E-state index in [2.05, 4.69) is 0 Å². The average Bonchev–Trinajstić information content (AvgIpc) is 2.39. The average molecular weight is 300 g/mol. The normalized spacial score (nSPS) is 13.7. The molecular formula is C14H24N2O3S. The van der Waals surface area contributed by atoms with Crippen molar-refractivity contribution in [2.24, 2.45) is 5.73 Å². The first-order valence-corrected chi connectivity index (χ1v) is 8.31. The van der Waals surface area contributed by atoms with Gasteiger partial charge in [0.1, 0.15) is 0 Å². The molecule has 20 heavy (non-hydrogen) atoms. The fraction of sp³-hybridized carbons (Fsp3) is 0.571. The van der Waals surface area contributed by atoms with Crippen LogP contribution in [-0.2, 0) is 27.1 Å². The lowest BCUT2D eigenvalue weighted by Gasteiger charge is -2.26. The van der Waals surface area contributed by atoms with Gasteiger partial charge in [0.25, 0.3) is 0 Å². The Balaban J connectivity index is 2.85. The van der Waals surface area contributed by atoms with Crippen molar-refractivity contribution in [3.63, 3.8) is 0 Å². The largest absolute Gasteiger partial charge is 0.383 e. The molecule has 0 spiro atoms. The van der Waals surface area contributed by atoms with Crippen molar-refractivity contribution in [1.82, 2.24) is 4.31 Å². The number of likely N-dealkylation sites (N-methyl/N-ethyl adjacent to an activating group) is 1. The van der Waals surface area contributed by atoms with Gasteiger partial charge in [0.15, 0.2) is 0 Å². The number of rotatable bonds is 8. The molecular weight excluding hydrogens is 276 g/mol. The Bertz CT molecular complexity index is 500. The molecule has 1 aromatic carbocycles. The third kappa shape index (κ3) is 4.56. The molecule has 114 valence electrons. The van der Waals surface area contributed by atoms with E-state index in [-0.39, 0.29) is 11.8 Å². The molecule has 1 aromatic rings. The Morgan fingerprint density at radius 1 is 1.25 bits per heavy atom. The van der Waals surface area contributed by atoms with Gasteiger partial charge in [-0.05, 0) is 18.1 Å². The number of nitrogens with zero attached hydrogens (tertiary/aromatic N) is 1. The molecule has 0 fully saturated rings. The molecule has 0 aromatic heterocycles. The molecule has 1 atom stereocenters. The first kappa shape index (κ1) is 17.1. The Kier molecular flexibility index (Phi) is 6.61. The van der Waals surface area contributed by atoms with E-state index >= 15 is 0 Å². The van der Waals surface area contributed by atoms with Gasteiger partial charge >= 0.3 is 0 Å². The molecule has 0 saturated heterocycles. The lowest BCUT2D eigenvalue weighted by molar-refractivity contribution is 0.142. The summed E-state index contributed by atoms with van der Waals surface area (Å²) in [6, 6.07) is 7.18. The molecule has 0 saturated carbocycles. The summed E-state index contributed by atoms with van der Waals surface area (Å²) in [4.78, 5) is 0. The van der Waals surface area contributed by atoms with Gasteiger partial charge in [-0.15, -0.1) is 0 Å². The van der Waals surface area contributed by atoms with Crippen molar-refractivity contribution in [2.75, 3.05) is 20.3 Å². The second-order valence-corrected chi connectivity index (χ2v) is 6.71. The van der Waals surface area contributed by atoms with Crippen LogP contribution in [0.4, 0.5) is 0 Å². The van der Waals surface area contributed by atoms with Crippen LogP contribution >= 0.6 is 0 Å². The van der Waals surface area contributed by atoms with Crippen molar-refractivity contribution in [3.05, 3.63) is 35.4 Å². The highest BCUT2D eigenvalue weighted by molar-refractivity contribution is 7.88. The van der Waals surface area contributed by atoms with E-state index in [1.165, 1.54) is 4.31 Å². The van der Waals surface area contributed by atoms with Crippen molar-refractivity contribution in [2.45, 2.75) is 32.2 Å². The van der Waals surface area contributed by atoms with Crippen LogP contribution in [-0.4, -0.2) is 39.0 Å². The van der Waals surface area contributed by atoms with Crippen molar-refractivity contribution in [1.29, 1.82) is 0 Å². The van der Waals surface area contributed by atoms with Gasteiger partial charge in [0, 0.05) is 26.2 Å². The van der Waals surface area contributed by atoms with Gasteiger partial charge in [-0.2, -0.15) is 4.31 Å². The standard InChI is InChI=1S/C14H24N2O3S/c1-4-16(12(2)10-19-3)20(17,18)11-14-7-5-13(9-15)6-8-14/h5-8,12H,4,9-11,15H2,1-3H3. The van der Waals surface area contributed by atoms with Crippen LogP contribution in [0.15, 0.2) is 24.3 Å². The van der Waals surface area contributed by atoms with Crippen molar-refractivity contribution >= 4 is 10.0 Å². The zero-order valence-electron chi connectivity index (χ0n) is 12.4. The molecule has 1 rings (SSSR count). The maximum Gasteiger partial charge on any atom is 0.218 e. The van der Waals surface area contributed by atoms with Crippen LogP contribution in [0.2, 0.25) is 0 Å². The molecule has 5 nitrogen and oxygen atoms in total. The van der Waals surface area contributed by atoms with E-state index in [9.17, 15) is 8.42 Å². The number of hydrogen-bond acceptors (Lipinski definition) is 4. The molecule has 0 amide bonds. The number of nitrogens with two attached hydrogens (primary N) is 1. The summed E-state index contributed by atoms with van der Waals surface area (Å²) in [5.74, 6) is -0.000252. The zero-order valence-corrected chi connectivity index (χ0v) is 13.2. The summed E-state index contributed by atoms with van der Waals surface area (Å²) in [7, 11) is -1.77. The lowest BCUT2D eigenvalue weighted by Crippen LogP contribution is -2.41. The molecule has 0 heterocycles. The maximum atomic E-state index is 12.4. The Labute approximate surface area is 121 Å². The summed E-state index contributed by atoms with van der Waals surface area (Å²) < 4.78 is 31.4. The van der Waals surface area contributed by atoms with Crippen LogP contribution < -0.4 is 5.73 Å². The smallest absolute Gasteiger partial charge is 0.218 e. The summed E-state index contributed by atoms with van der Waals surface area (Å²) in [6.07, 6.45) is 0. The SMILES string of the molecule is CCN(C(C)COC)S(=O)(=O)Cc1ccc(CN)cc1. The van der Waals surface area contributed by atoms with E-state index < -0.39 is 10.0 Å². The van der Waals surface area contributed by atoms with E-state index in [0.717, 1.165) is 11.1 Å². The molecule has 6 heteroatoms. The number of benzene rings is 1. The quantitative estimate of drug-likeness (QED) is 0.786. The summed E-state index contributed by atoms with van der Waals surface area (Å²) in [5.41, 5.74) is 7.29. The molecule has 0 radical (unpaired) electrons. The van der Waals surface area contributed by atoms with E-state index in [0.29, 0.717) is 19.7 Å². The summed E-state index contributed by atoms with van der Waals surface area (Å²) in [6.45, 7) is 4.97. The number of sulfonamides is 1. The molecule has 1 unspecified atom stereocenters. The molecule has 0 aliphatic rings. The van der Waals surface area contributed by atoms with Crippen LogP contribution in [0.25, 0.3) is 0 Å². The highest BCUT2D eigenvalue weighted by atomic mass is 32.2. The third-order valence-corrected chi connectivity index (χ3v) is 5.21. The molecule has 0 aliphatic carbocycles. The second-order valence-electron chi connectivity index (χ2n) is 4.78. The molecule has 0 bridgehead atoms. The van der Waals surface area contributed by atoms with E-state index in [4.69, 9.17) is 10.5 Å². The van der Waals surface area contributed by atoms with Gasteiger partial charge in [-0.1, -0.05) is 31.2 Å². The number of ether oxygens (including phenoxy) is 1. The summed E-state index contributed by atoms with van der Waals surface area (Å²) in [5, 5.41) is 0. The van der Waals surface area contributed by atoms with Crippen LogP contribution in [0.3, 0.4) is 0 Å². The Morgan fingerprint density at radius 2 is 1.80 bits per heavy atom. The zero-order chi connectivity index (χ0) is 15.2. The van der Waals surface area contributed by atoms with Gasteiger partial charge < -0.3 is 10.5 Å². The van der Waals surface area contributed by atoms with Gasteiger partial charge in [-0.25, -0.2) is 8.42 Å². The Morgan fingerprint density at radius 3 is 2.25 bits per heavy atom. The van der Waals surface area contributed by atoms with E-state index in [1.807, 2.05) is 38.1 Å². The number of hydrogen-bond donors (Lipinski definition) is 1. The second kappa shape index (κ2) is 7.73. The predicted molar refractivity (Wildman–Crippen MR) is 80.7 cm³/mol. The van der Waals surface area contributed by atoms with Gasteiger partial charge in [0.2, 0.25) is 10.0 Å². The van der Waals surface area contributed by atoms with Gasteiger partial charge in [0.05, 0.1) is 12.4 Å². The Hall–Kier alpha value is -0.950. The minimum atomic E-state index is -3.34. The highest BCUT2D eigenvalue weighted by Gasteiger charge is 2.25. The topological polar surface area (TPSA) is 72.6 Å². The van der Waals surface area contributed by atoms with Gasteiger partial charge in [-0.3, -0.25) is 0 Å². The number of methoxy groups -OCH3 is 1. The highest BCUT2D eigenvalue weighted by Crippen LogP contribution is 2.15. The van der Waals surface area contributed by atoms with Crippen molar-refractivity contribution < 1.29 is 13.2 Å². The van der Waals surface area contributed by atoms with Crippen LogP contribution in [0.5, 0.6) is 0 Å². The van der Waals surface area contributed by atoms with Crippen LogP contribution in [0, 0.1) is 0 Å². The minimum absolute atomic E-state index is 0.000252. The first-order valence-electron chi connectivity index (χ1n) is 6.71. The maximum absolute atomic E-state index is 12.4.